The molecule has 0 radical (unpaired) electrons. The lowest BCUT2D eigenvalue weighted by atomic mass is 9.91. The van der Waals surface area contributed by atoms with Gasteiger partial charge < -0.3 is 15.7 Å². The molecule has 1 aromatic carbocycles. The number of anilines is 1. The Balaban J connectivity index is 1.61. The van der Waals surface area contributed by atoms with Crippen LogP contribution in [0.4, 0.5) is 10.1 Å². The van der Waals surface area contributed by atoms with Crippen molar-refractivity contribution in [3.63, 3.8) is 0 Å². The molecule has 2 fully saturated rings. The summed E-state index contributed by atoms with van der Waals surface area (Å²) < 4.78 is 37.0. The van der Waals surface area contributed by atoms with Crippen molar-refractivity contribution >= 4 is 28.5 Å². The third-order valence-electron chi connectivity index (χ3n) is 4.93. The molecule has 1 saturated carbocycles. The van der Waals surface area contributed by atoms with E-state index in [1.54, 1.807) is 0 Å². The minimum absolute atomic E-state index is 0.0334. The number of carbonyl (C=O) groups excluding carboxylic acids is 2. The van der Waals surface area contributed by atoms with Crippen LogP contribution < -0.4 is 19.7 Å². The Morgan fingerprint density at radius 3 is 2.46 bits per heavy atom. The highest BCUT2D eigenvalue weighted by Gasteiger charge is 2.37. The number of carbonyl (C=O) groups is 2. The maximum atomic E-state index is 14.6. The molecule has 0 aromatic heterocycles. The topological polar surface area (TPSA) is 134 Å². The first-order valence-corrected chi connectivity index (χ1v) is 10.5. The van der Waals surface area contributed by atoms with Gasteiger partial charge in [-0.15, -0.1) is 0 Å². The van der Waals surface area contributed by atoms with Crippen LogP contribution in [0.25, 0.3) is 0 Å². The van der Waals surface area contributed by atoms with Crippen molar-refractivity contribution in [3.05, 3.63) is 23.5 Å². The maximum Gasteiger partial charge on any atom is 0.260 e. The number of benzene rings is 1. The van der Waals surface area contributed by atoms with Crippen molar-refractivity contribution in [2.45, 2.75) is 51.2 Å². The zero-order valence-corrected chi connectivity index (χ0v) is 16.3. The number of aromatic hydroxyl groups is 1. The molecule has 1 aliphatic carbocycles. The molecule has 2 aliphatic rings. The molecule has 1 heterocycles. The Morgan fingerprint density at radius 2 is 1.93 bits per heavy atom. The molecule has 11 heteroatoms. The van der Waals surface area contributed by atoms with Gasteiger partial charge in [-0.25, -0.2) is 13.4 Å². The van der Waals surface area contributed by atoms with E-state index in [9.17, 15) is 28.2 Å². The summed E-state index contributed by atoms with van der Waals surface area (Å²) in [5.74, 6) is -2.02. The quantitative estimate of drug-likeness (QED) is 0.429. The van der Waals surface area contributed by atoms with Crippen LogP contribution in [-0.2, 0) is 16.1 Å². The summed E-state index contributed by atoms with van der Waals surface area (Å²) >= 11 is 0. The van der Waals surface area contributed by atoms with Crippen molar-refractivity contribution in [1.29, 1.82) is 0 Å². The van der Waals surface area contributed by atoms with E-state index in [2.05, 4.69) is 10.6 Å². The van der Waals surface area contributed by atoms with Gasteiger partial charge in [0.2, 0.25) is 5.91 Å². The largest absolute Gasteiger partial charge is 0.506 e. The van der Waals surface area contributed by atoms with Gasteiger partial charge in [-0.3, -0.25) is 18.7 Å². The molecule has 2 amide bonds. The molecule has 1 aromatic rings. The second kappa shape index (κ2) is 8.11. The third kappa shape index (κ3) is 4.66. The Hall–Kier alpha value is -2.08. The molecule has 6 N–H and O–H groups in total. The van der Waals surface area contributed by atoms with Crippen molar-refractivity contribution in [1.82, 2.24) is 15.4 Å². The number of nitrogens with one attached hydrogen (secondary N) is 3. The molecule has 28 heavy (non-hydrogen) atoms. The number of nitrogens with zero attached hydrogens (tertiary/aromatic N) is 1. The van der Waals surface area contributed by atoms with Gasteiger partial charge >= 0.3 is 0 Å². The highest BCUT2D eigenvalue weighted by atomic mass is 32.3. The SMILES string of the molecule is CC(=O)NC1CCC(NCc2cc(O)c(N3CC(=O)NS3(O)O)c(F)c2)CC1. The van der Waals surface area contributed by atoms with E-state index >= 15 is 0 Å². The lowest BCUT2D eigenvalue weighted by molar-refractivity contribution is -0.120. The summed E-state index contributed by atoms with van der Waals surface area (Å²) in [6.07, 6.45) is 3.48. The highest BCUT2D eigenvalue weighted by molar-refractivity contribution is 8.24. The second-order valence-electron chi connectivity index (χ2n) is 7.16. The van der Waals surface area contributed by atoms with E-state index in [0.29, 0.717) is 12.1 Å². The van der Waals surface area contributed by atoms with E-state index in [0.717, 1.165) is 30.0 Å². The summed E-state index contributed by atoms with van der Waals surface area (Å²) in [6, 6.07) is 2.95. The average Bonchev–Trinajstić information content (AvgIpc) is 2.85. The smallest absolute Gasteiger partial charge is 0.260 e. The van der Waals surface area contributed by atoms with Crippen LogP contribution in [0.3, 0.4) is 0 Å². The van der Waals surface area contributed by atoms with Crippen LogP contribution in [0.1, 0.15) is 38.2 Å². The lowest BCUT2D eigenvalue weighted by Crippen LogP contribution is -2.41. The number of amides is 2. The minimum Gasteiger partial charge on any atom is -0.506 e. The van der Waals surface area contributed by atoms with E-state index in [1.807, 2.05) is 4.72 Å². The van der Waals surface area contributed by atoms with Gasteiger partial charge in [-0.05, 0) is 54.3 Å². The second-order valence-corrected chi connectivity index (χ2v) is 8.84. The lowest BCUT2D eigenvalue weighted by Gasteiger charge is -2.36. The van der Waals surface area contributed by atoms with Gasteiger partial charge in [0.15, 0.2) is 5.82 Å². The van der Waals surface area contributed by atoms with Crippen molar-refractivity contribution in [2.24, 2.45) is 0 Å². The van der Waals surface area contributed by atoms with Gasteiger partial charge in [0.05, 0.1) is 0 Å². The standard InChI is InChI=1S/C17H25FN4O5S/c1-10(23)20-13-4-2-12(3-5-13)19-8-11-6-14(18)17(15(24)7-11)22-9-16(25)21-28(22,26)27/h6-7,12-13,19,24,26-27H,2-5,8-9H2,1H3,(H,20,23)(H,21,25). The van der Waals surface area contributed by atoms with Crippen molar-refractivity contribution in [3.8, 4) is 5.75 Å². The average molecular weight is 416 g/mol. The number of hydrogen-bond donors (Lipinski definition) is 6. The molecule has 0 unspecified atom stereocenters. The molecule has 9 nitrogen and oxygen atoms in total. The van der Waals surface area contributed by atoms with Gasteiger partial charge in [-0.2, -0.15) is 0 Å². The van der Waals surface area contributed by atoms with Gasteiger partial charge in [0.1, 0.15) is 18.0 Å². The van der Waals surface area contributed by atoms with E-state index in [4.69, 9.17) is 0 Å². The number of hydrogen-bond acceptors (Lipinski definition) is 7. The predicted molar refractivity (Wildman–Crippen MR) is 103 cm³/mol. The summed E-state index contributed by atoms with van der Waals surface area (Å²) in [7, 11) is -3.70. The van der Waals surface area contributed by atoms with Crippen LogP contribution >= 0.6 is 11.0 Å². The number of halogens is 1. The number of phenolic OH excluding ortho intramolecular Hbond substituents is 1. The Morgan fingerprint density at radius 1 is 1.29 bits per heavy atom. The molecule has 0 bridgehead atoms. The third-order valence-corrected chi connectivity index (χ3v) is 6.36. The highest BCUT2D eigenvalue weighted by Crippen LogP contribution is 2.49. The Kier molecular flexibility index (Phi) is 5.98. The van der Waals surface area contributed by atoms with Crippen molar-refractivity contribution < 1.29 is 28.2 Å². The molecule has 1 saturated heterocycles. The fourth-order valence-electron chi connectivity index (χ4n) is 3.65. The van der Waals surface area contributed by atoms with E-state index in [-0.39, 0.29) is 18.0 Å². The zero-order chi connectivity index (χ0) is 20.5. The first-order valence-electron chi connectivity index (χ1n) is 9.04. The van der Waals surface area contributed by atoms with E-state index < -0.39 is 40.7 Å². The Labute approximate surface area is 163 Å². The fourth-order valence-corrected chi connectivity index (χ4v) is 4.86. The maximum absolute atomic E-state index is 14.6. The molecule has 156 valence electrons. The molecule has 3 rings (SSSR count). The predicted octanol–water partition coefficient (Wildman–Crippen LogP) is 1.59. The summed E-state index contributed by atoms with van der Waals surface area (Å²) in [4.78, 5) is 22.5. The zero-order valence-electron chi connectivity index (χ0n) is 15.4. The van der Waals surface area contributed by atoms with Gasteiger partial charge in [0, 0.05) is 25.6 Å². The molecular weight excluding hydrogens is 391 g/mol. The van der Waals surface area contributed by atoms with Crippen LogP contribution in [-0.4, -0.2) is 44.7 Å². The number of phenols is 1. The summed E-state index contributed by atoms with van der Waals surface area (Å²) in [5, 5.41) is 16.4. The molecule has 0 spiro atoms. The van der Waals surface area contributed by atoms with Gasteiger partial charge in [-0.1, -0.05) is 0 Å². The first-order chi connectivity index (χ1) is 13.2. The first kappa shape index (κ1) is 20.6. The molecular formula is C17H25FN4O5S. The summed E-state index contributed by atoms with van der Waals surface area (Å²) in [5.41, 5.74) is 0.0793. The molecule has 1 aliphatic heterocycles. The van der Waals surface area contributed by atoms with Gasteiger partial charge in [0.25, 0.3) is 5.91 Å². The van der Waals surface area contributed by atoms with Crippen LogP contribution in [0.15, 0.2) is 12.1 Å². The summed E-state index contributed by atoms with van der Waals surface area (Å²) in [6.45, 7) is 1.37. The number of rotatable bonds is 5. The van der Waals surface area contributed by atoms with Crippen LogP contribution in [0.2, 0.25) is 0 Å². The molecule has 0 atom stereocenters. The van der Waals surface area contributed by atoms with Crippen LogP contribution in [0.5, 0.6) is 5.75 Å². The fraction of sp³-hybridized carbons (Fsp3) is 0.529. The normalized spacial score (nSPS) is 25.3. The monoisotopic (exact) mass is 416 g/mol. The van der Waals surface area contributed by atoms with Crippen LogP contribution in [0, 0.1) is 5.82 Å². The minimum atomic E-state index is -3.70. The Bertz CT molecular complexity index is 747. The van der Waals surface area contributed by atoms with Crippen molar-refractivity contribution in [2.75, 3.05) is 10.8 Å². The van der Waals surface area contributed by atoms with E-state index in [1.165, 1.54) is 19.1 Å².